The molecular weight excluding hydrogens is 425 g/mol. The van der Waals surface area contributed by atoms with Crippen LogP contribution in [0.15, 0.2) is 35.4 Å². The Labute approximate surface area is 160 Å². The van der Waals surface area contributed by atoms with Crippen molar-refractivity contribution in [2.24, 2.45) is 5.14 Å². The van der Waals surface area contributed by atoms with E-state index in [2.05, 4.69) is 9.72 Å². The van der Waals surface area contributed by atoms with E-state index in [-0.39, 0.29) is 16.6 Å². The van der Waals surface area contributed by atoms with E-state index < -0.39 is 51.1 Å². The van der Waals surface area contributed by atoms with Gasteiger partial charge in [-0.05, 0) is 6.07 Å². The summed E-state index contributed by atoms with van der Waals surface area (Å²) in [6, 6.07) is 3.81. The van der Waals surface area contributed by atoms with Crippen molar-refractivity contribution >= 4 is 20.9 Å². The molecule has 0 atom stereocenters. The number of benzene rings is 1. The third kappa shape index (κ3) is 3.96. The van der Waals surface area contributed by atoms with Crippen LogP contribution in [0.2, 0.25) is 0 Å². The van der Waals surface area contributed by atoms with Gasteiger partial charge in [0.05, 0.1) is 12.6 Å². The molecule has 2 N–H and O–H groups in total. The Morgan fingerprint density at radius 1 is 1.14 bits per heavy atom. The van der Waals surface area contributed by atoms with Crippen LogP contribution in [0.3, 0.4) is 0 Å². The normalized spacial score (nSPS) is 12.2. The van der Waals surface area contributed by atoms with E-state index in [4.69, 9.17) is 9.88 Å². The van der Waals surface area contributed by atoms with Crippen LogP contribution in [0, 0.1) is 5.82 Å². The number of alkyl halides is 4. The maximum Gasteiger partial charge on any atom is 0.388 e. The predicted octanol–water partition coefficient (Wildman–Crippen LogP) is 3.36. The standard InChI is InChI=1S/C16H12F5N3O4S/c1-27-15-11(5-9(17)14(23-15)28-16(20)21)24-6-12(29(22,25)26)8-3-2-7(13(18)19)4-10(8)24/h2-6,13,16H,1H3,(H2,22,25,26). The van der Waals surface area contributed by atoms with Crippen LogP contribution in [0.25, 0.3) is 16.6 Å². The summed E-state index contributed by atoms with van der Waals surface area (Å²) < 4.78 is 98.9. The highest BCUT2D eigenvalue weighted by Crippen LogP contribution is 2.35. The summed E-state index contributed by atoms with van der Waals surface area (Å²) in [5.74, 6) is -2.80. The van der Waals surface area contributed by atoms with Gasteiger partial charge in [-0.25, -0.2) is 26.7 Å². The summed E-state index contributed by atoms with van der Waals surface area (Å²) in [6.45, 7) is -3.36. The number of methoxy groups -OCH3 is 1. The number of hydrogen-bond donors (Lipinski definition) is 1. The van der Waals surface area contributed by atoms with E-state index >= 15 is 0 Å². The highest BCUT2D eigenvalue weighted by molar-refractivity contribution is 7.89. The summed E-state index contributed by atoms with van der Waals surface area (Å²) in [7, 11) is -3.20. The van der Waals surface area contributed by atoms with Gasteiger partial charge in [0.1, 0.15) is 10.6 Å². The van der Waals surface area contributed by atoms with Crippen LogP contribution in [0.5, 0.6) is 11.8 Å². The van der Waals surface area contributed by atoms with Gasteiger partial charge in [0.25, 0.3) is 12.3 Å². The molecule has 0 saturated heterocycles. The minimum atomic E-state index is -4.29. The summed E-state index contributed by atoms with van der Waals surface area (Å²) in [5, 5.41) is 5.16. The number of pyridine rings is 1. The number of aromatic nitrogens is 2. The molecule has 0 unspecified atom stereocenters. The molecule has 29 heavy (non-hydrogen) atoms. The molecular formula is C16H12F5N3O4S. The molecule has 0 bridgehead atoms. The molecule has 0 aliphatic carbocycles. The maximum atomic E-state index is 14.2. The van der Waals surface area contributed by atoms with E-state index in [9.17, 15) is 30.4 Å². The largest absolute Gasteiger partial charge is 0.479 e. The van der Waals surface area contributed by atoms with Crippen LogP contribution >= 0.6 is 0 Å². The fourth-order valence-corrected chi connectivity index (χ4v) is 3.44. The summed E-state index contributed by atoms with van der Waals surface area (Å²) in [5.41, 5.74) is -0.769. The number of primary sulfonamides is 1. The molecule has 1 aromatic carbocycles. The minimum Gasteiger partial charge on any atom is -0.479 e. The van der Waals surface area contributed by atoms with Crippen LogP contribution in [-0.4, -0.2) is 31.7 Å². The molecule has 13 heteroatoms. The highest BCUT2D eigenvalue weighted by Gasteiger charge is 2.24. The molecule has 0 aliphatic rings. The van der Waals surface area contributed by atoms with Crippen molar-refractivity contribution in [2.75, 3.05) is 7.11 Å². The number of rotatable bonds is 6. The molecule has 0 spiro atoms. The lowest BCUT2D eigenvalue weighted by Gasteiger charge is -2.13. The molecule has 2 heterocycles. The average Bonchev–Trinajstić information content (AvgIpc) is 3.01. The molecule has 2 aromatic heterocycles. The summed E-state index contributed by atoms with van der Waals surface area (Å²) >= 11 is 0. The van der Waals surface area contributed by atoms with Gasteiger partial charge in [0.15, 0.2) is 5.82 Å². The van der Waals surface area contributed by atoms with Gasteiger partial charge in [-0.3, -0.25) is 0 Å². The van der Waals surface area contributed by atoms with E-state index in [0.29, 0.717) is 6.07 Å². The Hall–Kier alpha value is -2.93. The Morgan fingerprint density at radius 2 is 1.83 bits per heavy atom. The number of nitrogens with two attached hydrogens (primary N) is 1. The first-order valence-electron chi connectivity index (χ1n) is 7.68. The summed E-state index contributed by atoms with van der Waals surface area (Å²) in [6.07, 6.45) is -1.92. The lowest BCUT2D eigenvalue weighted by atomic mass is 10.1. The lowest BCUT2D eigenvalue weighted by molar-refractivity contribution is -0.0556. The Kier molecular flexibility index (Phi) is 5.36. The van der Waals surface area contributed by atoms with Crippen molar-refractivity contribution in [3.63, 3.8) is 0 Å². The molecule has 0 radical (unpaired) electrons. The topological polar surface area (TPSA) is 96.4 Å². The molecule has 3 aromatic rings. The number of sulfonamides is 1. The summed E-state index contributed by atoms with van der Waals surface area (Å²) in [4.78, 5) is 3.07. The quantitative estimate of drug-likeness (QED) is 0.597. The van der Waals surface area contributed by atoms with Crippen molar-refractivity contribution in [1.82, 2.24) is 9.55 Å². The first kappa shape index (κ1) is 20.8. The van der Waals surface area contributed by atoms with Crippen molar-refractivity contribution in [1.29, 1.82) is 0 Å². The minimum absolute atomic E-state index is 0.0210. The smallest absolute Gasteiger partial charge is 0.388 e. The predicted molar refractivity (Wildman–Crippen MR) is 90.5 cm³/mol. The number of hydrogen-bond acceptors (Lipinski definition) is 5. The molecule has 3 rings (SSSR count). The maximum absolute atomic E-state index is 14.2. The van der Waals surface area contributed by atoms with Crippen molar-refractivity contribution in [2.45, 2.75) is 17.9 Å². The molecule has 0 aliphatic heterocycles. The number of nitrogens with zero attached hydrogens (tertiary/aromatic N) is 2. The van der Waals surface area contributed by atoms with Gasteiger partial charge in [0.2, 0.25) is 15.9 Å². The monoisotopic (exact) mass is 437 g/mol. The molecule has 0 fully saturated rings. The van der Waals surface area contributed by atoms with Gasteiger partial charge in [-0.15, -0.1) is 0 Å². The van der Waals surface area contributed by atoms with Crippen LogP contribution < -0.4 is 14.6 Å². The van der Waals surface area contributed by atoms with Crippen LogP contribution in [0.4, 0.5) is 22.0 Å². The lowest BCUT2D eigenvalue weighted by Crippen LogP contribution is -2.11. The zero-order valence-corrected chi connectivity index (χ0v) is 15.3. The van der Waals surface area contributed by atoms with E-state index in [1.165, 1.54) is 0 Å². The fraction of sp³-hybridized carbons (Fsp3) is 0.188. The Balaban J connectivity index is 2.34. The van der Waals surface area contributed by atoms with Crippen molar-refractivity contribution in [3.8, 4) is 17.4 Å². The number of halogens is 5. The number of ether oxygens (including phenoxy) is 2. The number of fused-ring (bicyclic) bond motifs is 1. The zero-order valence-electron chi connectivity index (χ0n) is 14.4. The van der Waals surface area contributed by atoms with Gasteiger partial charge in [0, 0.05) is 23.2 Å². The van der Waals surface area contributed by atoms with Gasteiger partial charge in [-0.1, -0.05) is 12.1 Å². The second-order valence-electron chi connectivity index (χ2n) is 5.67. The van der Waals surface area contributed by atoms with Gasteiger partial charge in [-0.2, -0.15) is 13.8 Å². The first-order valence-corrected chi connectivity index (χ1v) is 9.23. The first-order chi connectivity index (χ1) is 13.5. The average molecular weight is 437 g/mol. The van der Waals surface area contributed by atoms with Gasteiger partial charge < -0.3 is 14.0 Å². The Bertz CT molecular complexity index is 1180. The van der Waals surface area contributed by atoms with E-state index in [0.717, 1.165) is 36.1 Å². The van der Waals surface area contributed by atoms with Crippen LogP contribution in [0.1, 0.15) is 12.0 Å². The van der Waals surface area contributed by atoms with E-state index in [1.807, 2.05) is 0 Å². The zero-order chi connectivity index (χ0) is 21.5. The van der Waals surface area contributed by atoms with E-state index in [1.54, 1.807) is 0 Å². The third-order valence-corrected chi connectivity index (χ3v) is 4.83. The van der Waals surface area contributed by atoms with Crippen LogP contribution in [-0.2, 0) is 10.0 Å². The second kappa shape index (κ2) is 7.48. The molecule has 0 saturated carbocycles. The van der Waals surface area contributed by atoms with Gasteiger partial charge >= 0.3 is 6.61 Å². The fourth-order valence-electron chi connectivity index (χ4n) is 2.71. The SMILES string of the molecule is COc1nc(OC(F)F)c(F)cc1-n1cc(S(N)(=O)=O)c2ccc(C(F)F)cc21. The molecule has 7 nitrogen and oxygen atoms in total. The highest BCUT2D eigenvalue weighted by atomic mass is 32.2. The third-order valence-electron chi connectivity index (χ3n) is 3.90. The van der Waals surface area contributed by atoms with Crippen molar-refractivity contribution < 1.29 is 39.8 Å². The Morgan fingerprint density at radius 3 is 2.38 bits per heavy atom. The molecule has 156 valence electrons. The second-order valence-corrected chi connectivity index (χ2v) is 7.20. The van der Waals surface area contributed by atoms with Crippen molar-refractivity contribution in [3.05, 3.63) is 41.8 Å². The molecule has 0 amide bonds.